The third-order valence-electron chi connectivity index (χ3n) is 16.2. The van der Waals surface area contributed by atoms with E-state index in [1.165, 1.54) is 99.7 Å². The quantitative estimate of drug-likeness (QED) is 0.178. The van der Waals surface area contributed by atoms with E-state index < -0.39 is 0 Å². The lowest BCUT2D eigenvalue weighted by atomic mass is 9.27. The van der Waals surface area contributed by atoms with E-state index in [0.717, 1.165) is 23.7 Å². The Morgan fingerprint density at radius 2 is 1.23 bits per heavy atom. The first-order valence-electron chi connectivity index (χ1n) is 20.5. The number of hydrogen-bond donors (Lipinski definition) is 0. The van der Waals surface area contributed by atoms with Gasteiger partial charge in [0.05, 0.1) is 5.69 Å². The van der Waals surface area contributed by atoms with Crippen LogP contribution in [0.15, 0.2) is 127 Å². The van der Waals surface area contributed by atoms with E-state index in [1.807, 2.05) is 0 Å². The van der Waals surface area contributed by atoms with Gasteiger partial charge in [-0.3, -0.25) is 0 Å². The lowest BCUT2D eigenvalue weighted by Gasteiger charge is -2.76. The summed E-state index contributed by atoms with van der Waals surface area (Å²) in [6, 6.07) is 49.4. The maximum Gasteiger partial charge on any atom is 0.0540 e. The van der Waals surface area contributed by atoms with Crippen LogP contribution in [0.4, 0.5) is 17.1 Å². The van der Waals surface area contributed by atoms with Gasteiger partial charge in [0, 0.05) is 22.2 Å². The molecule has 0 amide bonds. The molecule has 0 heterocycles. The van der Waals surface area contributed by atoms with Gasteiger partial charge in [0.25, 0.3) is 0 Å². The Hall–Kier alpha value is -4.62. The molecular weight excluding hydrogens is 639 g/mol. The lowest BCUT2D eigenvalue weighted by Crippen LogP contribution is -2.73. The zero-order valence-electron chi connectivity index (χ0n) is 31.6. The van der Waals surface area contributed by atoms with Gasteiger partial charge in [-0.05, 0) is 159 Å². The average Bonchev–Trinajstić information content (AvgIpc) is 3.81. The highest BCUT2D eigenvalue weighted by Gasteiger charge is 2.84. The number of fused-ring (bicyclic) bond motifs is 10. The Balaban J connectivity index is 1.03. The standard InChI is InChI=1S/C52H49N/c1-49(2)25-26-50(3,4)48-39(15-10-17-43(48)49)34-19-21-36(22-20-34)53(45-18-9-12-33-11-5-6-13-38(33)45)37-23-24-41-40-14-7-8-16-42(40)52(44(41)30-37)46-28-32-27-35-29-47(52)51(35,46)31-32/h5-24,30,32,35,46-47H,25-29,31H2,1-4H3. The fourth-order valence-electron chi connectivity index (χ4n) is 14.0. The maximum atomic E-state index is 2.65. The van der Waals surface area contributed by atoms with Crippen molar-refractivity contribution in [3.63, 3.8) is 0 Å². The van der Waals surface area contributed by atoms with Crippen molar-refractivity contribution >= 4 is 27.8 Å². The van der Waals surface area contributed by atoms with Crippen LogP contribution in [0.25, 0.3) is 33.0 Å². The molecular formula is C52H49N. The molecule has 6 atom stereocenters. The van der Waals surface area contributed by atoms with Crippen molar-refractivity contribution in [2.75, 3.05) is 4.90 Å². The molecule has 12 rings (SSSR count). The van der Waals surface area contributed by atoms with Gasteiger partial charge in [0.1, 0.15) is 0 Å². The second kappa shape index (κ2) is 10.1. The van der Waals surface area contributed by atoms with Gasteiger partial charge in [-0.25, -0.2) is 0 Å². The Bertz CT molecular complexity index is 2510. The maximum absolute atomic E-state index is 2.65. The molecule has 0 saturated heterocycles. The largest absolute Gasteiger partial charge is 0.310 e. The van der Waals surface area contributed by atoms with E-state index in [1.54, 1.807) is 11.1 Å². The van der Waals surface area contributed by atoms with Gasteiger partial charge in [0.2, 0.25) is 0 Å². The topological polar surface area (TPSA) is 3.24 Å². The molecule has 6 aliphatic carbocycles. The van der Waals surface area contributed by atoms with Crippen LogP contribution < -0.4 is 4.90 Å². The zero-order chi connectivity index (χ0) is 35.5. The van der Waals surface area contributed by atoms with Crippen molar-refractivity contribution in [3.05, 3.63) is 150 Å². The van der Waals surface area contributed by atoms with Gasteiger partial charge < -0.3 is 4.90 Å². The molecule has 6 aromatic carbocycles. The van der Waals surface area contributed by atoms with Gasteiger partial charge in [-0.1, -0.05) is 125 Å². The number of nitrogens with zero attached hydrogens (tertiary/aromatic N) is 1. The summed E-state index contributed by atoms with van der Waals surface area (Å²) in [6.07, 6.45) is 8.30. The van der Waals surface area contributed by atoms with Crippen molar-refractivity contribution in [2.24, 2.45) is 29.1 Å². The minimum absolute atomic E-state index is 0.145. The van der Waals surface area contributed by atoms with Crippen LogP contribution in [0.5, 0.6) is 0 Å². The third kappa shape index (κ3) is 3.70. The van der Waals surface area contributed by atoms with Crippen molar-refractivity contribution in [1.82, 2.24) is 0 Å². The number of rotatable bonds is 4. The summed E-state index contributed by atoms with van der Waals surface area (Å²) in [7, 11) is 0. The first-order chi connectivity index (χ1) is 25.7. The Morgan fingerprint density at radius 3 is 2.09 bits per heavy atom. The number of anilines is 3. The molecule has 6 aliphatic rings. The van der Waals surface area contributed by atoms with Gasteiger partial charge in [-0.15, -0.1) is 0 Å². The van der Waals surface area contributed by atoms with Crippen LogP contribution in [-0.2, 0) is 16.2 Å². The molecule has 4 fully saturated rings. The molecule has 6 unspecified atom stereocenters. The predicted octanol–water partition coefficient (Wildman–Crippen LogP) is 13.7. The molecule has 0 aliphatic heterocycles. The molecule has 2 spiro atoms. The molecule has 1 nitrogen and oxygen atoms in total. The zero-order valence-corrected chi connectivity index (χ0v) is 31.6. The second-order valence-corrected chi connectivity index (χ2v) is 19.2. The van der Waals surface area contributed by atoms with E-state index in [-0.39, 0.29) is 16.2 Å². The minimum atomic E-state index is 0.145. The van der Waals surface area contributed by atoms with Crippen molar-refractivity contribution in [1.29, 1.82) is 0 Å². The number of benzene rings is 6. The fraction of sp³-hybridized carbons (Fsp3) is 0.346. The average molecular weight is 688 g/mol. The molecule has 1 heteroatoms. The van der Waals surface area contributed by atoms with E-state index in [9.17, 15) is 0 Å². The van der Waals surface area contributed by atoms with Crippen LogP contribution in [0.2, 0.25) is 0 Å². The van der Waals surface area contributed by atoms with Crippen LogP contribution in [0.3, 0.4) is 0 Å². The van der Waals surface area contributed by atoms with Crippen molar-refractivity contribution in [2.45, 2.75) is 82.5 Å². The summed E-state index contributed by atoms with van der Waals surface area (Å²) in [5.41, 5.74) is 16.9. The predicted molar refractivity (Wildman–Crippen MR) is 220 cm³/mol. The Kier molecular flexibility index (Phi) is 5.88. The first kappa shape index (κ1) is 30.8. The molecule has 262 valence electrons. The summed E-state index contributed by atoms with van der Waals surface area (Å²) in [4.78, 5) is 2.56. The normalized spacial score (nSPS) is 29.9. The summed E-state index contributed by atoms with van der Waals surface area (Å²) in [6.45, 7) is 9.76. The first-order valence-corrected chi connectivity index (χ1v) is 20.5. The molecule has 0 aromatic heterocycles. The summed E-state index contributed by atoms with van der Waals surface area (Å²) >= 11 is 0. The summed E-state index contributed by atoms with van der Waals surface area (Å²) in [5, 5.41) is 2.57. The van der Waals surface area contributed by atoms with Gasteiger partial charge in [0.15, 0.2) is 0 Å². The summed E-state index contributed by atoms with van der Waals surface area (Å²) < 4.78 is 0. The van der Waals surface area contributed by atoms with Crippen LogP contribution >= 0.6 is 0 Å². The van der Waals surface area contributed by atoms with E-state index in [2.05, 4.69) is 160 Å². The lowest BCUT2D eigenvalue weighted by molar-refractivity contribution is -0.231. The van der Waals surface area contributed by atoms with E-state index >= 15 is 0 Å². The van der Waals surface area contributed by atoms with Crippen LogP contribution in [0.1, 0.15) is 88.5 Å². The SMILES string of the molecule is CC1(C)CCC(C)(C)c2c(-c3ccc(N(c4ccc5c(c4)C4(c6ccccc6-5)C5CC6CC7CC4C75C6)c4cccc5ccccc45)cc3)cccc21. The Labute approximate surface area is 315 Å². The summed E-state index contributed by atoms with van der Waals surface area (Å²) in [5.74, 6) is 3.53. The second-order valence-electron chi connectivity index (χ2n) is 19.2. The van der Waals surface area contributed by atoms with E-state index in [0.29, 0.717) is 5.41 Å². The van der Waals surface area contributed by atoms with Gasteiger partial charge >= 0.3 is 0 Å². The minimum Gasteiger partial charge on any atom is -0.310 e. The highest BCUT2D eigenvalue weighted by Crippen LogP contribution is 2.89. The molecule has 4 saturated carbocycles. The number of hydrogen-bond acceptors (Lipinski definition) is 1. The third-order valence-corrected chi connectivity index (χ3v) is 16.2. The van der Waals surface area contributed by atoms with Crippen molar-refractivity contribution in [3.8, 4) is 22.3 Å². The van der Waals surface area contributed by atoms with Crippen LogP contribution in [0, 0.1) is 29.1 Å². The fourth-order valence-corrected chi connectivity index (χ4v) is 14.0. The van der Waals surface area contributed by atoms with Crippen LogP contribution in [-0.4, -0.2) is 0 Å². The van der Waals surface area contributed by atoms with Crippen molar-refractivity contribution < 1.29 is 0 Å². The molecule has 6 aromatic rings. The van der Waals surface area contributed by atoms with Gasteiger partial charge in [-0.2, -0.15) is 0 Å². The molecule has 53 heavy (non-hydrogen) atoms. The monoisotopic (exact) mass is 687 g/mol. The Morgan fingerprint density at radius 1 is 0.547 bits per heavy atom. The highest BCUT2D eigenvalue weighted by atomic mass is 15.1. The molecule has 2 bridgehead atoms. The highest BCUT2D eigenvalue weighted by molar-refractivity contribution is 5.99. The van der Waals surface area contributed by atoms with E-state index in [4.69, 9.17) is 0 Å². The smallest absolute Gasteiger partial charge is 0.0540 e. The molecule has 0 N–H and O–H groups in total. The molecule has 0 radical (unpaired) electrons.